The molecule has 0 aromatic carbocycles. The third-order valence-electron chi connectivity index (χ3n) is 2.96. The highest BCUT2D eigenvalue weighted by atomic mass is 32.2. The second kappa shape index (κ2) is 4.62. The molecule has 0 spiro atoms. The van der Waals surface area contributed by atoms with Crippen molar-refractivity contribution in [3.8, 4) is 0 Å². The second-order valence-electron chi connectivity index (χ2n) is 4.59. The van der Waals surface area contributed by atoms with Crippen LogP contribution in [0.1, 0.15) is 27.2 Å². The summed E-state index contributed by atoms with van der Waals surface area (Å²) in [6.45, 7) is 7.28. The zero-order valence-corrected chi connectivity index (χ0v) is 10.1. The molecule has 1 rings (SSSR count). The van der Waals surface area contributed by atoms with Crippen LogP contribution in [-0.4, -0.2) is 32.5 Å². The van der Waals surface area contributed by atoms with Crippen LogP contribution in [0.2, 0.25) is 0 Å². The Hall–Kier alpha value is -0.0900. The van der Waals surface area contributed by atoms with E-state index in [0.29, 0.717) is 6.54 Å². The predicted molar refractivity (Wildman–Crippen MR) is 59.1 cm³/mol. The average Bonchev–Trinajstić information content (AvgIpc) is 2.76. The van der Waals surface area contributed by atoms with Crippen molar-refractivity contribution >= 4 is 9.84 Å². The molecule has 0 aromatic heterocycles. The summed E-state index contributed by atoms with van der Waals surface area (Å²) >= 11 is 0. The monoisotopic (exact) mass is 219 g/mol. The summed E-state index contributed by atoms with van der Waals surface area (Å²) in [5.41, 5.74) is 0. The maximum absolute atomic E-state index is 11.4. The molecule has 1 fully saturated rings. The van der Waals surface area contributed by atoms with Gasteiger partial charge in [-0.2, -0.15) is 0 Å². The van der Waals surface area contributed by atoms with Gasteiger partial charge in [-0.15, -0.1) is 0 Å². The molecule has 2 unspecified atom stereocenters. The lowest BCUT2D eigenvalue weighted by molar-refractivity contribution is 0.577. The molecule has 1 aliphatic carbocycles. The second-order valence-corrected chi connectivity index (χ2v) is 7.27. The van der Waals surface area contributed by atoms with Gasteiger partial charge in [0.05, 0.1) is 11.0 Å². The van der Waals surface area contributed by atoms with E-state index in [4.69, 9.17) is 0 Å². The van der Waals surface area contributed by atoms with Gasteiger partial charge in [-0.1, -0.05) is 6.92 Å². The first-order chi connectivity index (χ1) is 6.43. The molecule has 84 valence electrons. The average molecular weight is 219 g/mol. The van der Waals surface area contributed by atoms with E-state index in [-0.39, 0.29) is 11.0 Å². The molecule has 4 heteroatoms. The Balaban J connectivity index is 2.09. The van der Waals surface area contributed by atoms with Gasteiger partial charge in [0.25, 0.3) is 0 Å². The Bertz CT molecular complexity index is 272. The quantitative estimate of drug-likeness (QED) is 0.679. The molecule has 0 bridgehead atoms. The van der Waals surface area contributed by atoms with Gasteiger partial charge in [-0.25, -0.2) is 8.42 Å². The van der Waals surface area contributed by atoms with E-state index < -0.39 is 9.84 Å². The molecule has 0 aromatic rings. The maximum Gasteiger partial charge on any atom is 0.153 e. The van der Waals surface area contributed by atoms with Crippen molar-refractivity contribution in [3.63, 3.8) is 0 Å². The third kappa shape index (κ3) is 3.58. The molecular formula is C10H21NO2S. The van der Waals surface area contributed by atoms with E-state index in [1.807, 2.05) is 0 Å². The number of rotatable bonds is 6. The minimum atomic E-state index is -2.85. The van der Waals surface area contributed by atoms with Crippen LogP contribution in [0.15, 0.2) is 0 Å². The first-order valence-corrected chi connectivity index (χ1v) is 7.07. The van der Waals surface area contributed by atoms with E-state index in [1.165, 1.54) is 6.42 Å². The SMILES string of the molecule is CC1CC1CNCCS(=O)(=O)C(C)C. The Morgan fingerprint density at radius 1 is 1.43 bits per heavy atom. The number of hydrogen-bond donors (Lipinski definition) is 1. The van der Waals surface area contributed by atoms with Crippen molar-refractivity contribution in [3.05, 3.63) is 0 Å². The van der Waals surface area contributed by atoms with Gasteiger partial charge in [0.1, 0.15) is 0 Å². The molecular weight excluding hydrogens is 198 g/mol. The normalized spacial score (nSPS) is 26.9. The van der Waals surface area contributed by atoms with Crippen LogP contribution in [0.25, 0.3) is 0 Å². The Morgan fingerprint density at radius 3 is 2.43 bits per heavy atom. The lowest BCUT2D eigenvalue weighted by atomic mass is 10.3. The van der Waals surface area contributed by atoms with E-state index in [0.717, 1.165) is 18.4 Å². The highest BCUT2D eigenvalue weighted by Gasteiger charge is 2.31. The molecule has 2 atom stereocenters. The molecule has 1 saturated carbocycles. The fourth-order valence-corrected chi connectivity index (χ4v) is 2.32. The summed E-state index contributed by atoms with van der Waals surface area (Å²) in [5, 5.41) is 2.96. The summed E-state index contributed by atoms with van der Waals surface area (Å²) in [6.07, 6.45) is 1.30. The molecule has 3 nitrogen and oxygen atoms in total. The van der Waals surface area contributed by atoms with Crippen LogP contribution in [0.3, 0.4) is 0 Å². The van der Waals surface area contributed by atoms with Crippen molar-refractivity contribution in [2.75, 3.05) is 18.8 Å². The summed E-state index contributed by atoms with van der Waals surface area (Å²) in [7, 11) is -2.85. The van der Waals surface area contributed by atoms with Crippen LogP contribution in [0, 0.1) is 11.8 Å². The molecule has 1 aliphatic rings. The Labute approximate surface area is 87.2 Å². The van der Waals surface area contributed by atoms with Crippen LogP contribution in [0.4, 0.5) is 0 Å². The van der Waals surface area contributed by atoms with Gasteiger partial charge in [-0.05, 0) is 38.6 Å². The van der Waals surface area contributed by atoms with Gasteiger partial charge in [-0.3, -0.25) is 0 Å². The van der Waals surface area contributed by atoms with Gasteiger partial charge >= 0.3 is 0 Å². The largest absolute Gasteiger partial charge is 0.315 e. The number of sulfone groups is 1. The number of nitrogens with one attached hydrogen (secondary N) is 1. The lowest BCUT2D eigenvalue weighted by Gasteiger charge is -2.08. The maximum atomic E-state index is 11.4. The molecule has 0 aliphatic heterocycles. The minimum Gasteiger partial charge on any atom is -0.315 e. The van der Waals surface area contributed by atoms with Crippen LogP contribution >= 0.6 is 0 Å². The highest BCUT2D eigenvalue weighted by Crippen LogP contribution is 2.36. The molecule has 14 heavy (non-hydrogen) atoms. The van der Waals surface area contributed by atoms with Gasteiger partial charge in [0.15, 0.2) is 9.84 Å². The topological polar surface area (TPSA) is 46.2 Å². The molecule has 1 N–H and O–H groups in total. The van der Waals surface area contributed by atoms with E-state index in [9.17, 15) is 8.42 Å². The zero-order chi connectivity index (χ0) is 10.8. The summed E-state index contributed by atoms with van der Waals surface area (Å²) < 4.78 is 22.8. The smallest absolute Gasteiger partial charge is 0.153 e. The molecule has 0 amide bonds. The van der Waals surface area contributed by atoms with Crippen molar-refractivity contribution in [1.29, 1.82) is 0 Å². The van der Waals surface area contributed by atoms with Crippen molar-refractivity contribution in [2.24, 2.45) is 11.8 Å². The van der Waals surface area contributed by atoms with Crippen molar-refractivity contribution in [1.82, 2.24) is 5.32 Å². The molecule has 0 radical (unpaired) electrons. The van der Waals surface area contributed by atoms with Crippen LogP contribution < -0.4 is 5.32 Å². The first kappa shape index (κ1) is 12.0. The Morgan fingerprint density at radius 2 is 2.00 bits per heavy atom. The standard InChI is InChI=1S/C10H21NO2S/c1-8(2)14(12,13)5-4-11-7-10-6-9(10)3/h8-11H,4-7H2,1-3H3. The fourth-order valence-electron chi connectivity index (χ4n) is 1.42. The molecule has 0 saturated heterocycles. The van der Waals surface area contributed by atoms with E-state index in [2.05, 4.69) is 12.2 Å². The number of hydrogen-bond acceptors (Lipinski definition) is 3. The summed E-state index contributed by atoms with van der Waals surface area (Å²) in [4.78, 5) is 0. The van der Waals surface area contributed by atoms with Gasteiger partial charge < -0.3 is 5.32 Å². The van der Waals surface area contributed by atoms with Gasteiger partial charge in [0.2, 0.25) is 0 Å². The third-order valence-corrected chi connectivity index (χ3v) is 5.17. The van der Waals surface area contributed by atoms with E-state index >= 15 is 0 Å². The first-order valence-electron chi connectivity index (χ1n) is 5.35. The molecule has 0 heterocycles. The van der Waals surface area contributed by atoms with Crippen molar-refractivity contribution < 1.29 is 8.42 Å². The van der Waals surface area contributed by atoms with Crippen LogP contribution in [-0.2, 0) is 9.84 Å². The zero-order valence-electron chi connectivity index (χ0n) is 9.29. The van der Waals surface area contributed by atoms with Crippen molar-refractivity contribution in [2.45, 2.75) is 32.4 Å². The fraction of sp³-hybridized carbons (Fsp3) is 1.00. The predicted octanol–water partition coefficient (Wildman–Crippen LogP) is 1.06. The summed E-state index contributed by atoms with van der Waals surface area (Å²) in [6, 6.07) is 0. The van der Waals surface area contributed by atoms with Crippen LogP contribution in [0.5, 0.6) is 0 Å². The van der Waals surface area contributed by atoms with E-state index in [1.54, 1.807) is 13.8 Å². The minimum absolute atomic E-state index is 0.246. The summed E-state index contributed by atoms with van der Waals surface area (Å²) in [5.74, 6) is 1.90. The van der Waals surface area contributed by atoms with Gasteiger partial charge in [0, 0.05) is 6.54 Å². The lowest BCUT2D eigenvalue weighted by Crippen LogP contribution is -2.28. The highest BCUT2D eigenvalue weighted by molar-refractivity contribution is 7.92. The Kier molecular flexibility index (Phi) is 3.95.